The van der Waals surface area contributed by atoms with Crippen molar-refractivity contribution in [3.63, 3.8) is 0 Å². The van der Waals surface area contributed by atoms with Crippen molar-refractivity contribution in [1.29, 1.82) is 0 Å². The topological polar surface area (TPSA) is 94.2 Å². The molecule has 3 aliphatic carbocycles. The van der Waals surface area contributed by atoms with Crippen molar-refractivity contribution in [2.75, 3.05) is 40.2 Å². The first-order valence-corrected chi connectivity index (χ1v) is 15.0. The van der Waals surface area contributed by atoms with Crippen LogP contribution >= 0.6 is 0 Å². The first kappa shape index (κ1) is 31.5. The van der Waals surface area contributed by atoms with Crippen LogP contribution in [0.5, 0.6) is 11.5 Å². The summed E-state index contributed by atoms with van der Waals surface area (Å²) in [6.07, 6.45) is 3.29. The zero-order valence-corrected chi connectivity index (χ0v) is 23.8. The van der Waals surface area contributed by atoms with Gasteiger partial charge in [0.25, 0.3) is 0 Å². The zero-order valence-electron chi connectivity index (χ0n) is 23.8. The summed E-state index contributed by atoms with van der Waals surface area (Å²) in [4.78, 5) is 12.7. The molecule has 1 saturated heterocycles. The Kier molecular flexibility index (Phi) is 11.4. The van der Waals surface area contributed by atoms with Gasteiger partial charge in [-0.05, 0) is 88.3 Å². The van der Waals surface area contributed by atoms with E-state index in [1.165, 1.54) is 25.0 Å². The third-order valence-electron chi connectivity index (χ3n) is 8.15. The largest absolute Gasteiger partial charge is 0.467 e. The molecule has 42 heavy (non-hydrogen) atoms. The Hall–Kier alpha value is -1.96. The maximum absolute atomic E-state index is 13.8. The number of hydrogen-bond acceptors (Lipinski definition) is 9. The summed E-state index contributed by atoms with van der Waals surface area (Å²) in [5, 5.41) is 0. The minimum atomic E-state index is -4.70. The summed E-state index contributed by atoms with van der Waals surface area (Å²) in [6, 6.07) is 3.28. The summed E-state index contributed by atoms with van der Waals surface area (Å²) in [7, 11) is 0. The zero-order chi connectivity index (χ0) is 29.4. The highest BCUT2D eigenvalue weighted by Crippen LogP contribution is 2.39. The fraction of sp³-hybridized carbons (Fsp3) is 0.767. The molecule has 1 unspecified atom stereocenters. The van der Waals surface area contributed by atoms with Crippen molar-refractivity contribution >= 4 is 5.97 Å². The van der Waals surface area contributed by atoms with E-state index in [4.69, 9.17) is 37.9 Å². The lowest BCUT2D eigenvalue weighted by molar-refractivity contribution is -0.145. The van der Waals surface area contributed by atoms with Crippen LogP contribution in [-0.4, -0.2) is 70.6 Å². The molecule has 0 radical (unpaired) electrons. The van der Waals surface area contributed by atoms with Crippen LogP contribution in [-0.2, 0) is 39.4 Å². The highest BCUT2D eigenvalue weighted by molar-refractivity contribution is 5.75. The second-order valence-electron chi connectivity index (χ2n) is 11.6. The molecule has 4 aliphatic rings. The van der Waals surface area contributed by atoms with Crippen LogP contribution < -0.4 is 9.47 Å². The number of rotatable bonds is 16. The number of alkyl halides is 3. The van der Waals surface area contributed by atoms with E-state index in [1.807, 2.05) is 0 Å². The molecule has 236 valence electrons. The normalized spacial score (nSPS) is 27.9. The first-order chi connectivity index (χ1) is 20.3. The molecule has 3 saturated carbocycles. The third-order valence-corrected chi connectivity index (χ3v) is 8.15. The number of epoxide rings is 1. The van der Waals surface area contributed by atoms with E-state index in [9.17, 15) is 18.0 Å². The van der Waals surface area contributed by atoms with E-state index in [1.54, 1.807) is 0 Å². The van der Waals surface area contributed by atoms with Gasteiger partial charge in [0.1, 0.15) is 36.8 Å². The predicted octanol–water partition coefficient (Wildman–Crippen LogP) is 5.62. The molecule has 0 spiro atoms. The second kappa shape index (κ2) is 15.2. The van der Waals surface area contributed by atoms with E-state index < -0.39 is 17.7 Å². The Balaban J connectivity index is 1.01. The molecule has 0 aromatic heterocycles. The fourth-order valence-corrected chi connectivity index (χ4v) is 5.28. The summed E-state index contributed by atoms with van der Waals surface area (Å²) in [5.74, 6) is -0.800. The van der Waals surface area contributed by atoms with Crippen molar-refractivity contribution in [2.45, 2.75) is 94.8 Å². The Morgan fingerprint density at radius 1 is 0.786 bits per heavy atom. The summed E-state index contributed by atoms with van der Waals surface area (Å²) >= 11 is 0. The maximum Gasteiger partial charge on any atom is 0.420 e. The van der Waals surface area contributed by atoms with Gasteiger partial charge in [-0.15, -0.1) is 0 Å². The number of carbonyl (C=O) groups is 1. The maximum atomic E-state index is 13.8. The summed E-state index contributed by atoms with van der Waals surface area (Å²) < 4.78 is 85.3. The Labute approximate surface area is 244 Å². The number of esters is 1. The SMILES string of the molecule is O=C(Oc1ccc(OCOC2CCC(OCOCC3CO3)CC2)c(C(F)(F)F)c1)C1CCC(OCOCC2CC2)CC1. The molecule has 1 heterocycles. The van der Waals surface area contributed by atoms with Crippen molar-refractivity contribution < 1.29 is 55.9 Å². The molecular formula is C30H41F3O9. The number of carbonyl (C=O) groups excluding carboxylic acids is 1. The second-order valence-corrected chi connectivity index (χ2v) is 11.6. The fourth-order valence-electron chi connectivity index (χ4n) is 5.28. The molecular weight excluding hydrogens is 561 g/mol. The van der Waals surface area contributed by atoms with Gasteiger partial charge in [0.15, 0.2) is 6.79 Å². The van der Waals surface area contributed by atoms with E-state index in [2.05, 4.69) is 0 Å². The quantitative estimate of drug-likeness (QED) is 0.0785. The van der Waals surface area contributed by atoms with Gasteiger partial charge in [0.05, 0.1) is 44.1 Å². The predicted molar refractivity (Wildman–Crippen MR) is 142 cm³/mol. The lowest BCUT2D eigenvalue weighted by atomic mass is 9.87. The number of ether oxygens (including phenoxy) is 8. The molecule has 5 rings (SSSR count). The number of hydrogen-bond donors (Lipinski definition) is 0. The molecule has 4 fully saturated rings. The van der Waals surface area contributed by atoms with E-state index >= 15 is 0 Å². The lowest BCUT2D eigenvalue weighted by Crippen LogP contribution is -2.29. The Bertz CT molecular complexity index is 983. The molecule has 1 atom stereocenters. The Morgan fingerprint density at radius 2 is 1.36 bits per heavy atom. The van der Waals surface area contributed by atoms with Gasteiger partial charge in [-0.1, -0.05) is 0 Å². The van der Waals surface area contributed by atoms with E-state index in [0.29, 0.717) is 51.0 Å². The van der Waals surface area contributed by atoms with Crippen molar-refractivity contribution in [3.8, 4) is 11.5 Å². The third kappa shape index (κ3) is 10.3. The van der Waals surface area contributed by atoms with E-state index in [-0.39, 0.29) is 62.2 Å². The molecule has 0 N–H and O–H groups in total. The first-order valence-electron chi connectivity index (χ1n) is 15.0. The average molecular weight is 603 g/mol. The van der Waals surface area contributed by atoms with Gasteiger partial charge in [-0.3, -0.25) is 4.79 Å². The molecule has 1 aromatic rings. The van der Waals surface area contributed by atoms with Gasteiger partial charge in [0, 0.05) is 0 Å². The smallest absolute Gasteiger partial charge is 0.420 e. The van der Waals surface area contributed by atoms with Gasteiger partial charge < -0.3 is 37.9 Å². The molecule has 12 heteroatoms. The van der Waals surface area contributed by atoms with Gasteiger partial charge in [-0.25, -0.2) is 0 Å². The number of benzene rings is 1. The van der Waals surface area contributed by atoms with Crippen LogP contribution in [0.3, 0.4) is 0 Å². The minimum absolute atomic E-state index is 0.0132. The van der Waals surface area contributed by atoms with Gasteiger partial charge in [-0.2, -0.15) is 13.2 Å². The summed E-state index contributed by atoms with van der Waals surface area (Å²) in [5.41, 5.74) is -1.02. The molecule has 1 aliphatic heterocycles. The van der Waals surface area contributed by atoms with Crippen LogP contribution in [0.15, 0.2) is 18.2 Å². The van der Waals surface area contributed by atoms with Crippen LogP contribution in [0.25, 0.3) is 0 Å². The lowest BCUT2D eigenvalue weighted by Gasteiger charge is -2.28. The van der Waals surface area contributed by atoms with Crippen molar-refractivity contribution in [2.24, 2.45) is 11.8 Å². The highest BCUT2D eigenvalue weighted by Gasteiger charge is 2.36. The van der Waals surface area contributed by atoms with Crippen LogP contribution in [0.1, 0.15) is 69.8 Å². The minimum Gasteiger partial charge on any atom is -0.467 e. The standard InChI is InChI=1S/C30H41F3O9/c31-30(32,33)27-13-25(42-29(34)21-3-5-22(6-4-21)38-17-35-14-20-1-2-20)11-12-28(27)41-19-40-24-9-7-23(8-10-24)39-18-36-15-26-16-37-26/h11-13,20-24,26H,1-10,14-19H2. The van der Waals surface area contributed by atoms with Crippen LogP contribution in [0, 0.1) is 11.8 Å². The van der Waals surface area contributed by atoms with Crippen LogP contribution in [0.4, 0.5) is 13.2 Å². The molecule has 0 bridgehead atoms. The van der Waals surface area contributed by atoms with Crippen molar-refractivity contribution in [3.05, 3.63) is 23.8 Å². The van der Waals surface area contributed by atoms with Gasteiger partial charge in [0.2, 0.25) is 0 Å². The average Bonchev–Trinajstić information content (AvgIpc) is 3.91. The Morgan fingerprint density at radius 3 is 1.93 bits per heavy atom. The molecule has 9 nitrogen and oxygen atoms in total. The highest BCUT2D eigenvalue weighted by atomic mass is 19.4. The number of halogens is 3. The molecule has 0 amide bonds. The van der Waals surface area contributed by atoms with Gasteiger partial charge >= 0.3 is 12.1 Å². The summed E-state index contributed by atoms with van der Waals surface area (Å²) in [6.45, 7) is 2.15. The monoisotopic (exact) mass is 602 g/mol. The van der Waals surface area contributed by atoms with Crippen LogP contribution in [0.2, 0.25) is 0 Å². The molecule has 1 aromatic carbocycles. The van der Waals surface area contributed by atoms with E-state index in [0.717, 1.165) is 32.1 Å². The van der Waals surface area contributed by atoms with Crippen molar-refractivity contribution in [1.82, 2.24) is 0 Å².